The van der Waals surface area contributed by atoms with Crippen LogP contribution in [0.4, 0.5) is 0 Å². The molecule has 0 unspecified atom stereocenters. The highest BCUT2D eigenvalue weighted by Crippen LogP contribution is 2.31. The first-order valence-electron chi connectivity index (χ1n) is 9.69. The fraction of sp³-hybridized carbons (Fsp3) is 0.435. The Morgan fingerprint density at radius 2 is 1.57 bits per heavy atom. The minimum absolute atomic E-state index is 0.122. The molecule has 0 saturated heterocycles. The maximum absolute atomic E-state index is 12.9. The molecule has 0 aliphatic carbocycles. The van der Waals surface area contributed by atoms with E-state index in [-0.39, 0.29) is 11.9 Å². The number of carbonyl (C=O) groups excluding carboxylic acids is 1. The Bertz CT molecular complexity index is 783. The van der Waals surface area contributed by atoms with Crippen molar-refractivity contribution in [1.82, 2.24) is 5.32 Å². The zero-order chi connectivity index (χ0) is 20.7. The Labute approximate surface area is 168 Å². The van der Waals surface area contributed by atoms with Gasteiger partial charge in [-0.2, -0.15) is 0 Å². The number of hydrogen-bond donors (Lipinski definition) is 1. The van der Waals surface area contributed by atoms with Gasteiger partial charge in [-0.05, 0) is 67.6 Å². The van der Waals surface area contributed by atoms with Crippen LogP contribution in [0.1, 0.15) is 49.4 Å². The van der Waals surface area contributed by atoms with Crippen molar-refractivity contribution in [3.63, 3.8) is 0 Å². The first kappa shape index (κ1) is 21.6. The Hall–Kier alpha value is -2.69. The van der Waals surface area contributed by atoms with Crippen LogP contribution < -0.4 is 19.5 Å². The van der Waals surface area contributed by atoms with E-state index >= 15 is 0 Å². The SMILES string of the molecule is CC[C@H](NC(=O)[C@@H](CC)Oc1cc(C)cc(C)c1)c1ccc(OC)c(OC)c1. The second-order valence-electron chi connectivity index (χ2n) is 6.92. The van der Waals surface area contributed by atoms with Gasteiger partial charge >= 0.3 is 0 Å². The van der Waals surface area contributed by atoms with E-state index in [1.807, 2.05) is 58.0 Å². The molecule has 0 heterocycles. The third-order valence-corrected chi connectivity index (χ3v) is 4.67. The molecule has 0 radical (unpaired) electrons. The minimum atomic E-state index is -0.546. The second-order valence-corrected chi connectivity index (χ2v) is 6.92. The van der Waals surface area contributed by atoms with Crippen molar-refractivity contribution in [2.45, 2.75) is 52.7 Å². The van der Waals surface area contributed by atoms with E-state index in [9.17, 15) is 4.79 Å². The summed E-state index contributed by atoms with van der Waals surface area (Å²) in [4.78, 5) is 12.9. The number of nitrogens with one attached hydrogen (secondary N) is 1. The predicted octanol–water partition coefficient (Wildman–Crippen LogP) is 4.75. The molecule has 0 aliphatic heterocycles. The molecule has 0 spiro atoms. The molecule has 1 amide bonds. The van der Waals surface area contributed by atoms with Gasteiger partial charge in [0.25, 0.3) is 5.91 Å². The van der Waals surface area contributed by atoms with Crippen molar-refractivity contribution < 1.29 is 19.0 Å². The van der Waals surface area contributed by atoms with E-state index in [2.05, 4.69) is 11.4 Å². The quantitative estimate of drug-likeness (QED) is 0.677. The predicted molar refractivity (Wildman–Crippen MR) is 111 cm³/mol. The highest BCUT2D eigenvalue weighted by molar-refractivity contribution is 5.81. The van der Waals surface area contributed by atoms with Gasteiger partial charge in [-0.1, -0.05) is 26.0 Å². The summed E-state index contributed by atoms with van der Waals surface area (Å²) < 4.78 is 16.7. The van der Waals surface area contributed by atoms with Crippen LogP contribution in [0, 0.1) is 13.8 Å². The summed E-state index contributed by atoms with van der Waals surface area (Å²) in [6.07, 6.45) is 0.790. The van der Waals surface area contributed by atoms with E-state index < -0.39 is 6.10 Å². The van der Waals surface area contributed by atoms with E-state index in [0.29, 0.717) is 17.9 Å². The molecule has 2 aromatic rings. The van der Waals surface area contributed by atoms with Crippen molar-refractivity contribution in [3.05, 3.63) is 53.1 Å². The third-order valence-electron chi connectivity index (χ3n) is 4.67. The minimum Gasteiger partial charge on any atom is -0.493 e. The molecule has 0 aliphatic rings. The second kappa shape index (κ2) is 10.0. The average molecular weight is 386 g/mol. The topological polar surface area (TPSA) is 56.8 Å². The van der Waals surface area contributed by atoms with Gasteiger partial charge in [-0.3, -0.25) is 4.79 Å². The van der Waals surface area contributed by atoms with Crippen LogP contribution >= 0.6 is 0 Å². The van der Waals surface area contributed by atoms with E-state index in [4.69, 9.17) is 14.2 Å². The summed E-state index contributed by atoms with van der Waals surface area (Å²) in [6.45, 7) is 8.02. The molecule has 28 heavy (non-hydrogen) atoms. The Balaban J connectivity index is 2.15. The Kier molecular flexibility index (Phi) is 7.73. The van der Waals surface area contributed by atoms with Crippen molar-refractivity contribution in [2.24, 2.45) is 0 Å². The van der Waals surface area contributed by atoms with Crippen LogP contribution in [-0.2, 0) is 4.79 Å². The van der Waals surface area contributed by atoms with Gasteiger partial charge in [-0.25, -0.2) is 0 Å². The molecule has 0 aromatic heterocycles. The summed E-state index contributed by atoms with van der Waals surface area (Å²) in [6, 6.07) is 11.6. The van der Waals surface area contributed by atoms with E-state index in [1.165, 1.54) is 0 Å². The van der Waals surface area contributed by atoms with Gasteiger partial charge < -0.3 is 19.5 Å². The van der Waals surface area contributed by atoms with Crippen LogP contribution in [0.5, 0.6) is 17.2 Å². The summed E-state index contributed by atoms with van der Waals surface area (Å²) >= 11 is 0. The van der Waals surface area contributed by atoms with Crippen molar-refractivity contribution in [2.75, 3.05) is 14.2 Å². The smallest absolute Gasteiger partial charge is 0.261 e. The van der Waals surface area contributed by atoms with Crippen molar-refractivity contribution in [3.8, 4) is 17.2 Å². The molecule has 0 bridgehead atoms. The van der Waals surface area contributed by atoms with Gasteiger partial charge in [0, 0.05) is 0 Å². The van der Waals surface area contributed by atoms with Crippen LogP contribution in [0.25, 0.3) is 0 Å². The number of aryl methyl sites for hydroxylation is 2. The highest BCUT2D eigenvalue weighted by atomic mass is 16.5. The number of benzene rings is 2. The molecular weight excluding hydrogens is 354 g/mol. The van der Waals surface area contributed by atoms with Gasteiger partial charge in [0.2, 0.25) is 0 Å². The number of hydrogen-bond acceptors (Lipinski definition) is 4. The highest BCUT2D eigenvalue weighted by Gasteiger charge is 2.23. The average Bonchev–Trinajstić information content (AvgIpc) is 2.68. The lowest BCUT2D eigenvalue weighted by Crippen LogP contribution is -2.40. The molecule has 1 N–H and O–H groups in total. The van der Waals surface area contributed by atoms with E-state index in [0.717, 1.165) is 28.9 Å². The van der Waals surface area contributed by atoms with Crippen LogP contribution in [0.2, 0.25) is 0 Å². The first-order valence-corrected chi connectivity index (χ1v) is 9.69. The van der Waals surface area contributed by atoms with Gasteiger partial charge in [0.05, 0.1) is 20.3 Å². The molecular formula is C23H31NO4. The standard InChI is InChI=1S/C23H31NO4/c1-7-19(17-9-10-21(26-5)22(14-17)27-6)24-23(25)20(8-2)28-18-12-15(3)11-16(4)13-18/h9-14,19-20H,7-8H2,1-6H3,(H,24,25)/t19-,20+/m0/s1. The molecule has 5 heteroatoms. The molecule has 0 fully saturated rings. The van der Waals surface area contributed by atoms with Crippen LogP contribution in [0.3, 0.4) is 0 Å². The normalized spacial score (nSPS) is 12.8. The monoisotopic (exact) mass is 385 g/mol. The number of carbonyl (C=O) groups is 1. The number of rotatable bonds is 9. The summed E-state index contributed by atoms with van der Waals surface area (Å²) in [5, 5.41) is 3.11. The summed E-state index contributed by atoms with van der Waals surface area (Å²) in [7, 11) is 3.21. The molecule has 0 saturated carbocycles. The molecule has 2 aromatic carbocycles. The van der Waals surface area contributed by atoms with Crippen LogP contribution in [-0.4, -0.2) is 26.2 Å². The Morgan fingerprint density at radius 1 is 0.929 bits per heavy atom. The first-order chi connectivity index (χ1) is 13.4. The third kappa shape index (κ3) is 5.41. The van der Waals surface area contributed by atoms with Gasteiger partial charge in [0.15, 0.2) is 17.6 Å². The molecule has 5 nitrogen and oxygen atoms in total. The maximum Gasteiger partial charge on any atom is 0.261 e. The Morgan fingerprint density at radius 3 is 2.11 bits per heavy atom. The zero-order valence-corrected chi connectivity index (χ0v) is 17.7. The molecule has 152 valence electrons. The maximum atomic E-state index is 12.9. The number of ether oxygens (including phenoxy) is 3. The van der Waals surface area contributed by atoms with E-state index in [1.54, 1.807) is 14.2 Å². The lowest BCUT2D eigenvalue weighted by Gasteiger charge is -2.23. The lowest BCUT2D eigenvalue weighted by atomic mass is 10.0. The zero-order valence-electron chi connectivity index (χ0n) is 17.7. The van der Waals surface area contributed by atoms with Gasteiger partial charge in [-0.15, -0.1) is 0 Å². The van der Waals surface area contributed by atoms with Crippen molar-refractivity contribution in [1.29, 1.82) is 0 Å². The largest absolute Gasteiger partial charge is 0.493 e. The van der Waals surface area contributed by atoms with Crippen molar-refractivity contribution >= 4 is 5.91 Å². The summed E-state index contributed by atoms with van der Waals surface area (Å²) in [5.41, 5.74) is 3.19. The number of methoxy groups -OCH3 is 2. The molecule has 2 rings (SSSR count). The molecule has 2 atom stereocenters. The fourth-order valence-corrected chi connectivity index (χ4v) is 3.24. The summed E-state index contributed by atoms with van der Waals surface area (Å²) in [5.74, 6) is 1.91. The fourth-order valence-electron chi connectivity index (χ4n) is 3.24. The van der Waals surface area contributed by atoms with Crippen LogP contribution in [0.15, 0.2) is 36.4 Å². The van der Waals surface area contributed by atoms with Gasteiger partial charge in [0.1, 0.15) is 5.75 Å². The lowest BCUT2D eigenvalue weighted by molar-refractivity contribution is -0.129. The number of amides is 1.